The Morgan fingerprint density at radius 3 is 2.68 bits per heavy atom. The molecule has 0 unspecified atom stereocenters. The summed E-state index contributed by atoms with van der Waals surface area (Å²) in [5, 5.41) is 0. The van der Waals surface area contributed by atoms with Crippen molar-refractivity contribution in [2.45, 2.75) is 6.54 Å². The number of hydrogen-bond donors (Lipinski definition) is 1. The molecule has 1 aromatic heterocycles. The van der Waals surface area contributed by atoms with Crippen LogP contribution in [0.25, 0.3) is 11.0 Å². The molecule has 0 radical (unpaired) electrons. The third-order valence-corrected chi connectivity index (χ3v) is 2.99. The van der Waals surface area contributed by atoms with E-state index in [1.54, 1.807) is 18.2 Å². The second kappa shape index (κ2) is 4.35. The lowest BCUT2D eigenvalue weighted by Gasteiger charge is -2.03. The second-order valence-electron chi connectivity index (χ2n) is 4.28. The van der Waals surface area contributed by atoms with E-state index in [1.807, 2.05) is 0 Å². The zero-order chi connectivity index (χ0) is 13.4. The van der Waals surface area contributed by atoms with Crippen LogP contribution in [0.4, 0.5) is 8.78 Å². The van der Waals surface area contributed by atoms with E-state index in [0.717, 1.165) is 0 Å². The Kier molecular flexibility index (Phi) is 2.67. The number of fused-ring (bicyclic) bond motifs is 1. The van der Waals surface area contributed by atoms with Gasteiger partial charge in [0.1, 0.15) is 17.2 Å². The monoisotopic (exact) mass is 260 g/mol. The highest BCUT2D eigenvalue weighted by molar-refractivity contribution is 5.75. The van der Waals surface area contributed by atoms with E-state index < -0.39 is 11.5 Å². The van der Waals surface area contributed by atoms with Gasteiger partial charge in [-0.1, -0.05) is 18.2 Å². The number of imidazole rings is 1. The molecule has 3 nitrogen and oxygen atoms in total. The Morgan fingerprint density at radius 2 is 1.89 bits per heavy atom. The van der Waals surface area contributed by atoms with Crippen LogP contribution in [-0.4, -0.2) is 9.55 Å². The van der Waals surface area contributed by atoms with Crippen LogP contribution in [0.2, 0.25) is 0 Å². The summed E-state index contributed by atoms with van der Waals surface area (Å²) >= 11 is 0. The van der Waals surface area contributed by atoms with Crippen molar-refractivity contribution in [1.29, 1.82) is 0 Å². The summed E-state index contributed by atoms with van der Waals surface area (Å²) in [5.74, 6) is -0.843. The molecule has 0 spiro atoms. The summed E-state index contributed by atoms with van der Waals surface area (Å²) in [6, 6.07) is 10.4. The van der Waals surface area contributed by atoms with Gasteiger partial charge >= 0.3 is 5.69 Å². The molecule has 0 aliphatic rings. The van der Waals surface area contributed by atoms with E-state index in [2.05, 4.69) is 4.98 Å². The van der Waals surface area contributed by atoms with E-state index >= 15 is 0 Å². The molecule has 3 aromatic rings. The summed E-state index contributed by atoms with van der Waals surface area (Å²) in [4.78, 5) is 14.3. The van der Waals surface area contributed by atoms with Crippen molar-refractivity contribution in [2.75, 3.05) is 0 Å². The van der Waals surface area contributed by atoms with Gasteiger partial charge in [0.2, 0.25) is 0 Å². The van der Waals surface area contributed by atoms with Crippen molar-refractivity contribution in [3.05, 3.63) is 70.1 Å². The topological polar surface area (TPSA) is 37.8 Å². The number of nitrogens with one attached hydrogen (secondary N) is 1. The SMILES string of the molecule is O=c1[nH]c2c(F)cccc2n1Cc1cccc(F)c1. The summed E-state index contributed by atoms with van der Waals surface area (Å²) < 4.78 is 28.0. The summed E-state index contributed by atoms with van der Waals surface area (Å²) in [7, 11) is 0. The molecular formula is C14H10F2N2O. The van der Waals surface area contributed by atoms with E-state index in [0.29, 0.717) is 11.1 Å². The average molecular weight is 260 g/mol. The minimum absolute atomic E-state index is 0.170. The predicted molar refractivity (Wildman–Crippen MR) is 68.0 cm³/mol. The average Bonchev–Trinajstić information content (AvgIpc) is 2.69. The van der Waals surface area contributed by atoms with Gasteiger partial charge < -0.3 is 4.98 Å². The summed E-state index contributed by atoms with van der Waals surface area (Å²) in [6.45, 7) is 0.194. The number of hydrogen-bond acceptors (Lipinski definition) is 1. The molecule has 0 saturated carbocycles. The molecule has 0 aliphatic heterocycles. The van der Waals surface area contributed by atoms with Gasteiger partial charge in [0.15, 0.2) is 0 Å². The van der Waals surface area contributed by atoms with E-state index in [1.165, 1.54) is 28.8 Å². The van der Waals surface area contributed by atoms with Crippen LogP contribution in [0.5, 0.6) is 0 Å². The first-order chi connectivity index (χ1) is 9.15. The molecule has 0 saturated heterocycles. The van der Waals surface area contributed by atoms with Crippen LogP contribution >= 0.6 is 0 Å². The van der Waals surface area contributed by atoms with Gasteiger partial charge in [-0.2, -0.15) is 0 Å². The number of para-hydroxylation sites is 1. The lowest BCUT2D eigenvalue weighted by Crippen LogP contribution is -2.17. The van der Waals surface area contributed by atoms with Crippen LogP contribution in [-0.2, 0) is 6.54 Å². The van der Waals surface area contributed by atoms with Crippen LogP contribution in [0.15, 0.2) is 47.3 Å². The Morgan fingerprint density at radius 1 is 1.11 bits per heavy atom. The van der Waals surface area contributed by atoms with E-state index in [9.17, 15) is 13.6 Å². The fourth-order valence-electron chi connectivity index (χ4n) is 2.12. The van der Waals surface area contributed by atoms with Gasteiger partial charge in [0.05, 0.1) is 12.1 Å². The van der Waals surface area contributed by atoms with Crippen molar-refractivity contribution in [1.82, 2.24) is 9.55 Å². The van der Waals surface area contributed by atoms with Gasteiger partial charge in [-0.05, 0) is 29.8 Å². The standard InChI is InChI=1S/C14H10F2N2O/c15-10-4-1-3-9(7-10)8-18-12-6-2-5-11(16)13(12)17-14(18)19/h1-7H,8H2,(H,17,19). The van der Waals surface area contributed by atoms with Crippen LogP contribution in [0.3, 0.4) is 0 Å². The van der Waals surface area contributed by atoms with Gasteiger partial charge in [-0.25, -0.2) is 13.6 Å². The Bertz CT molecular complexity index is 805. The molecular weight excluding hydrogens is 250 g/mol. The molecule has 19 heavy (non-hydrogen) atoms. The van der Waals surface area contributed by atoms with Crippen molar-refractivity contribution >= 4 is 11.0 Å². The summed E-state index contributed by atoms with van der Waals surface area (Å²) in [5.41, 5.74) is 0.870. The largest absolute Gasteiger partial charge is 0.326 e. The van der Waals surface area contributed by atoms with Crippen molar-refractivity contribution in [2.24, 2.45) is 0 Å². The Balaban J connectivity index is 2.13. The second-order valence-corrected chi connectivity index (χ2v) is 4.28. The molecule has 1 N–H and O–H groups in total. The highest BCUT2D eigenvalue weighted by Gasteiger charge is 2.10. The quantitative estimate of drug-likeness (QED) is 0.755. The molecule has 0 atom stereocenters. The Hall–Kier alpha value is -2.43. The van der Waals surface area contributed by atoms with Gasteiger partial charge in [0.25, 0.3) is 0 Å². The van der Waals surface area contributed by atoms with Gasteiger partial charge in [0, 0.05) is 0 Å². The Labute approximate surface area is 107 Å². The molecule has 1 heterocycles. The van der Waals surface area contributed by atoms with Gasteiger partial charge in [-0.3, -0.25) is 4.57 Å². The fraction of sp³-hybridized carbons (Fsp3) is 0.0714. The highest BCUT2D eigenvalue weighted by atomic mass is 19.1. The normalized spacial score (nSPS) is 11.1. The lowest BCUT2D eigenvalue weighted by molar-refractivity contribution is 0.623. The molecule has 0 aliphatic carbocycles. The van der Waals surface area contributed by atoms with Crippen molar-refractivity contribution < 1.29 is 8.78 Å². The molecule has 0 amide bonds. The predicted octanol–water partition coefficient (Wildman–Crippen LogP) is 2.66. The molecule has 0 bridgehead atoms. The maximum absolute atomic E-state index is 13.5. The third-order valence-electron chi connectivity index (χ3n) is 2.99. The van der Waals surface area contributed by atoms with Crippen molar-refractivity contribution in [3.63, 3.8) is 0 Å². The summed E-state index contributed by atoms with van der Waals surface area (Å²) in [6.07, 6.45) is 0. The van der Waals surface area contributed by atoms with Gasteiger partial charge in [-0.15, -0.1) is 0 Å². The minimum atomic E-state index is -0.479. The number of aromatic nitrogens is 2. The number of halogens is 2. The van der Waals surface area contributed by atoms with Crippen molar-refractivity contribution in [3.8, 4) is 0 Å². The molecule has 3 rings (SSSR count). The molecule has 0 fully saturated rings. The fourth-order valence-corrected chi connectivity index (χ4v) is 2.12. The third kappa shape index (κ3) is 2.03. The van der Waals surface area contributed by atoms with E-state index in [-0.39, 0.29) is 17.9 Å². The first-order valence-corrected chi connectivity index (χ1v) is 5.76. The maximum Gasteiger partial charge on any atom is 0.326 e. The zero-order valence-electron chi connectivity index (χ0n) is 9.86. The lowest BCUT2D eigenvalue weighted by atomic mass is 10.2. The van der Waals surface area contributed by atoms with Crippen LogP contribution < -0.4 is 5.69 Å². The zero-order valence-corrected chi connectivity index (χ0v) is 9.86. The smallest absolute Gasteiger partial charge is 0.303 e. The number of benzene rings is 2. The number of H-pyrrole nitrogens is 1. The van der Waals surface area contributed by atoms with Crippen LogP contribution in [0.1, 0.15) is 5.56 Å². The number of aromatic amines is 1. The maximum atomic E-state index is 13.5. The molecule has 96 valence electrons. The number of nitrogens with zero attached hydrogens (tertiary/aromatic N) is 1. The molecule has 2 aromatic carbocycles. The van der Waals surface area contributed by atoms with E-state index in [4.69, 9.17) is 0 Å². The number of rotatable bonds is 2. The molecule has 5 heteroatoms. The minimum Gasteiger partial charge on any atom is -0.303 e. The highest BCUT2D eigenvalue weighted by Crippen LogP contribution is 2.15. The first kappa shape index (κ1) is 11.6. The first-order valence-electron chi connectivity index (χ1n) is 5.76. The van der Waals surface area contributed by atoms with Crippen LogP contribution in [0, 0.1) is 11.6 Å².